The van der Waals surface area contributed by atoms with Gasteiger partial charge in [-0.15, -0.1) is 0 Å². The van der Waals surface area contributed by atoms with Gasteiger partial charge in [0.2, 0.25) is 5.91 Å². The molecule has 1 N–H and O–H groups in total. The first-order valence-corrected chi connectivity index (χ1v) is 7.63. The van der Waals surface area contributed by atoms with Gasteiger partial charge in [0.25, 0.3) is 0 Å². The van der Waals surface area contributed by atoms with Crippen LogP contribution in [-0.4, -0.2) is 44.1 Å². The van der Waals surface area contributed by atoms with E-state index in [0.717, 1.165) is 17.9 Å². The Morgan fingerprint density at radius 2 is 1.86 bits per heavy atom. The van der Waals surface area contributed by atoms with Crippen LogP contribution in [-0.2, 0) is 11.2 Å². The van der Waals surface area contributed by atoms with Crippen LogP contribution in [0.25, 0.3) is 0 Å². The van der Waals surface area contributed by atoms with Crippen molar-refractivity contribution in [2.24, 2.45) is 0 Å². The first-order chi connectivity index (χ1) is 10.1. The summed E-state index contributed by atoms with van der Waals surface area (Å²) in [6.07, 6.45) is 5.28. The summed E-state index contributed by atoms with van der Waals surface area (Å²) < 4.78 is 5.12. The predicted molar refractivity (Wildman–Crippen MR) is 84.6 cm³/mol. The lowest BCUT2D eigenvalue weighted by molar-refractivity contribution is -0.121. The molecule has 1 aliphatic carbocycles. The summed E-state index contributed by atoms with van der Waals surface area (Å²) in [6.45, 7) is 0.745. The maximum absolute atomic E-state index is 12.1. The fourth-order valence-corrected chi connectivity index (χ4v) is 3.07. The van der Waals surface area contributed by atoms with Crippen molar-refractivity contribution in [2.45, 2.75) is 37.6 Å². The summed E-state index contributed by atoms with van der Waals surface area (Å²) in [5.41, 5.74) is 1.16. The molecule has 4 heteroatoms. The lowest BCUT2D eigenvalue weighted by Crippen LogP contribution is -2.51. The molecular weight excluding hydrogens is 264 g/mol. The van der Waals surface area contributed by atoms with E-state index in [1.54, 1.807) is 7.11 Å². The molecule has 0 atom stereocenters. The number of carbonyl (C=O) groups excluding carboxylic acids is 1. The summed E-state index contributed by atoms with van der Waals surface area (Å²) in [6, 6.07) is 7.66. The van der Waals surface area contributed by atoms with Crippen LogP contribution in [0.5, 0.6) is 5.75 Å². The highest BCUT2D eigenvalue weighted by atomic mass is 16.5. The van der Waals surface area contributed by atoms with E-state index in [-0.39, 0.29) is 11.4 Å². The zero-order valence-electron chi connectivity index (χ0n) is 13.3. The van der Waals surface area contributed by atoms with E-state index in [2.05, 4.69) is 24.3 Å². The van der Waals surface area contributed by atoms with Crippen molar-refractivity contribution < 1.29 is 9.53 Å². The fraction of sp³-hybridized carbons (Fsp3) is 0.588. The molecule has 21 heavy (non-hydrogen) atoms. The van der Waals surface area contributed by atoms with Crippen LogP contribution in [0.4, 0.5) is 0 Å². The highest BCUT2D eigenvalue weighted by Gasteiger charge is 2.35. The Morgan fingerprint density at radius 3 is 2.38 bits per heavy atom. The zero-order valence-corrected chi connectivity index (χ0v) is 13.3. The minimum atomic E-state index is 0.0910. The molecule has 1 amide bonds. The van der Waals surface area contributed by atoms with Crippen molar-refractivity contribution in [2.75, 3.05) is 27.7 Å². The second kappa shape index (κ2) is 6.94. The molecule has 0 heterocycles. The maximum atomic E-state index is 12.1. The van der Waals surface area contributed by atoms with E-state index in [4.69, 9.17) is 4.74 Å². The second-order valence-electron chi connectivity index (χ2n) is 6.13. The molecule has 1 fully saturated rings. The number of benzene rings is 1. The molecule has 0 aromatic heterocycles. The van der Waals surface area contributed by atoms with Crippen LogP contribution in [0.1, 0.15) is 31.2 Å². The quantitative estimate of drug-likeness (QED) is 0.873. The van der Waals surface area contributed by atoms with Gasteiger partial charge in [0, 0.05) is 12.1 Å². The van der Waals surface area contributed by atoms with Crippen LogP contribution in [0, 0.1) is 0 Å². The van der Waals surface area contributed by atoms with Gasteiger partial charge in [0.05, 0.1) is 13.5 Å². The predicted octanol–water partition coefficient (Wildman–Crippen LogP) is 2.23. The molecule has 0 unspecified atom stereocenters. The van der Waals surface area contributed by atoms with E-state index in [9.17, 15) is 4.79 Å². The summed E-state index contributed by atoms with van der Waals surface area (Å²) in [5, 5.41) is 3.11. The molecule has 0 bridgehead atoms. The Hall–Kier alpha value is -1.55. The van der Waals surface area contributed by atoms with Crippen LogP contribution in [0.15, 0.2) is 24.3 Å². The summed E-state index contributed by atoms with van der Waals surface area (Å²) in [7, 11) is 5.87. The molecule has 1 aromatic rings. The zero-order chi connectivity index (χ0) is 15.3. The molecule has 1 aromatic carbocycles. The van der Waals surface area contributed by atoms with Crippen LogP contribution in [0.3, 0.4) is 0 Å². The average molecular weight is 290 g/mol. The number of rotatable bonds is 6. The Morgan fingerprint density at radius 1 is 1.24 bits per heavy atom. The highest BCUT2D eigenvalue weighted by molar-refractivity contribution is 5.78. The molecule has 2 rings (SSSR count). The minimum Gasteiger partial charge on any atom is -0.497 e. The first-order valence-electron chi connectivity index (χ1n) is 7.63. The van der Waals surface area contributed by atoms with Gasteiger partial charge in [-0.3, -0.25) is 4.79 Å². The molecule has 1 aliphatic rings. The Kier molecular flexibility index (Phi) is 5.23. The molecule has 4 nitrogen and oxygen atoms in total. The number of amides is 1. The number of nitrogens with zero attached hydrogens (tertiary/aromatic N) is 1. The Bertz CT molecular complexity index is 462. The Labute approximate surface area is 127 Å². The average Bonchev–Trinajstić information content (AvgIpc) is 2.96. The van der Waals surface area contributed by atoms with Crippen LogP contribution >= 0.6 is 0 Å². The van der Waals surface area contributed by atoms with Gasteiger partial charge in [-0.2, -0.15) is 0 Å². The van der Waals surface area contributed by atoms with Crippen molar-refractivity contribution in [3.63, 3.8) is 0 Å². The van der Waals surface area contributed by atoms with Gasteiger partial charge in [-0.05, 0) is 44.6 Å². The molecule has 116 valence electrons. The van der Waals surface area contributed by atoms with Gasteiger partial charge >= 0.3 is 0 Å². The third-order valence-corrected chi connectivity index (χ3v) is 4.62. The first kappa shape index (κ1) is 15.8. The van der Waals surface area contributed by atoms with E-state index in [1.807, 2.05) is 24.3 Å². The number of hydrogen-bond acceptors (Lipinski definition) is 3. The molecular formula is C17H26N2O2. The topological polar surface area (TPSA) is 41.6 Å². The van der Waals surface area contributed by atoms with Gasteiger partial charge in [-0.1, -0.05) is 25.0 Å². The fourth-order valence-electron chi connectivity index (χ4n) is 3.07. The monoisotopic (exact) mass is 290 g/mol. The van der Waals surface area contributed by atoms with Crippen molar-refractivity contribution in [3.05, 3.63) is 29.8 Å². The standard InChI is InChI=1S/C17H26N2O2/c1-19(2)17(10-4-5-11-17)13-18-16(20)12-14-6-8-15(21-3)9-7-14/h6-9H,4-5,10-13H2,1-3H3,(H,18,20). The van der Waals surface area contributed by atoms with E-state index in [1.165, 1.54) is 25.7 Å². The lowest BCUT2D eigenvalue weighted by Gasteiger charge is -2.36. The number of ether oxygens (including phenoxy) is 1. The molecule has 0 aliphatic heterocycles. The Balaban J connectivity index is 1.86. The number of carbonyl (C=O) groups is 1. The van der Waals surface area contributed by atoms with E-state index >= 15 is 0 Å². The van der Waals surface area contributed by atoms with E-state index in [0.29, 0.717) is 6.42 Å². The van der Waals surface area contributed by atoms with Crippen molar-refractivity contribution in [1.82, 2.24) is 10.2 Å². The largest absolute Gasteiger partial charge is 0.497 e. The highest BCUT2D eigenvalue weighted by Crippen LogP contribution is 2.33. The molecule has 1 saturated carbocycles. The minimum absolute atomic E-state index is 0.0910. The number of methoxy groups -OCH3 is 1. The van der Waals surface area contributed by atoms with E-state index < -0.39 is 0 Å². The third kappa shape index (κ3) is 3.97. The van der Waals surface area contributed by atoms with Gasteiger partial charge < -0.3 is 15.0 Å². The summed E-state index contributed by atoms with van der Waals surface area (Å²) in [5.74, 6) is 0.907. The van der Waals surface area contributed by atoms with Crippen molar-refractivity contribution in [3.8, 4) is 5.75 Å². The van der Waals surface area contributed by atoms with Crippen LogP contribution < -0.4 is 10.1 Å². The van der Waals surface area contributed by atoms with Crippen LogP contribution in [0.2, 0.25) is 0 Å². The normalized spacial score (nSPS) is 17.0. The number of hydrogen-bond donors (Lipinski definition) is 1. The SMILES string of the molecule is COc1ccc(CC(=O)NCC2(N(C)C)CCCC2)cc1. The number of nitrogens with one attached hydrogen (secondary N) is 1. The van der Waals surface area contributed by atoms with Crippen molar-refractivity contribution >= 4 is 5.91 Å². The van der Waals surface area contributed by atoms with Gasteiger partial charge in [0.15, 0.2) is 0 Å². The molecule has 0 radical (unpaired) electrons. The smallest absolute Gasteiger partial charge is 0.224 e. The second-order valence-corrected chi connectivity index (χ2v) is 6.13. The van der Waals surface area contributed by atoms with Crippen molar-refractivity contribution in [1.29, 1.82) is 0 Å². The summed E-state index contributed by atoms with van der Waals surface area (Å²) in [4.78, 5) is 14.4. The molecule has 0 saturated heterocycles. The summed E-state index contributed by atoms with van der Waals surface area (Å²) >= 11 is 0. The number of likely N-dealkylation sites (N-methyl/N-ethyl adjacent to an activating group) is 1. The molecule has 0 spiro atoms. The maximum Gasteiger partial charge on any atom is 0.224 e. The lowest BCUT2D eigenvalue weighted by atomic mass is 9.96. The van der Waals surface area contributed by atoms with Gasteiger partial charge in [-0.25, -0.2) is 0 Å². The van der Waals surface area contributed by atoms with Gasteiger partial charge in [0.1, 0.15) is 5.75 Å². The third-order valence-electron chi connectivity index (χ3n) is 4.62.